The molecule has 0 bridgehead atoms. The topological polar surface area (TPSA) is 79.4 Å². The molecule has 0 aliphatic heterocycles. The van der Waals surface area contributed by atoms with Gasteiger partial charge in [0.15, 0.2) is 11.5 Å². The van der Waals surface area contributed by atoms with Gasteiger partial charge in [-0.05, 0) is 30.3 Å². The highest BCUT2D eigenvalue weighted by Crippen LogP contribution is 2.34. The van der Waals surface area contributed by atoms with Crippen LogP contribution in [0.5, 0.6) is 11.5 Å². The third-order valence-corrected chi connectivity index (χ3v) is 3.80. The number of hydrogen-bond donors (Lipinski definition) is 3. The van der Waals surface area contributed by atoms with Crippen LogP contribution in [-0.2, 0) is 0 Å². The van der Waals surface area contributed by atoms with Gasteiger partial charge in [0.1, 0.15) is 5.01 Å². The fourth-order valence-corrected chi connectivity index (χ4v) is 2.72. The van der Waals surface area contributed by atoms with Gasteiger partial charge in [-0.2, -0.15) is 0 Å². The summed E-state index contributed by atoms with van der Waals surface area (Å²) in [5.41, 5.74) is 9.02. The summed E-state index contributed by atoms with van der Waals surface area (Å²) in [7, 11) is 0. The Hall–Kier alpha value is -2.53. The second kappa shape index (κ2) is 4.86. The van der Waals surface area contributed by atoms with Gasteiger partial charge in [0.2, 0.25) is 0 Å². The summed E-state index contributed by atoms with van der Waals surface area (Å²) in [6.45, 7) is 0. The third-order valence-electron chi connectivity index (χ3n) is 2.91. The van der Waals surface area contributed by atoms with Crippen LogP contribution in [0.15, 0.2) is 47.8 Å². The van der Waals surface area contributed by atoms with Crippen molar-refractivity contribution in [3.8, 4) is 33.3 Å². The van der Waals surface area contributed by atoms with E-state index in [1.165, 1.54) is 23.5 Å². The van der Waals surface area contributed by atoms with Crippen LogP contribution in [0, 0.1) is 0 Å². The Balaban J connectivity index is 1.99. The molecule has 0 radical (unpaired) electrons. The van der Waals surface area contributed by atoms with E-state index < -0.39 is 0 Å². The molecular formula is C15H12N2O2S. The molecule has 0 spiro atoms. The number of rotatable bonds is 2. The highest BCUT2D eigenvalue weighted by atomic mass is 32.1. The van der Waals surface area contributed by atoms with Crippen molar-refractivity contribution in [2.45, 2.75) is 0 Å². The van der Waals surface area contributed by atoms with Crippen LogP contribution in [0.3, 0.4) is 0 Å². The second-order valence-corrected chi connectivity index (χ2v) is 5.22. The molecule has 4 N–H and O–H groups in total. The maximum absolute atomic E-state index is 9.53. The van der Waals surface area contributed by atoms with E-state index in [-0.39, 0.29) is 11.5 Å². The van der Waals surface area contributed by atoms with Crippen molar-refractivity contribution >= 4 is 17.0 Å². The molecule has 2 aromatic carbocycles. The Morgan fingerprint density at radius 1 is 0.950 bits per heavy atom. The van der Waals surface area contributed by atoms with Crippen molar-refractivity contribution in [2.24, 2.45) is 0 Å². The van der Waals surface area contributed by atoms with Gasteiger partial charge < -0.3 is 15.9 Å². The molecule has 0 aliphatic carbocycles. The van der Waals surface area contributed by atoms with Crippen molar-refractivity contribution in [1.29, 1.82) is 0 Å². The molecule has 1 heterocycles. The highest BCUT2D eigenvalue weighted by molar-refractivity contribution is 7.13. The first-order valence-corrected chi connectivity index (χ1v) is 6.85. The average Bonchev–Trinajstić information content (AvgIpc) is 2.92. The van der Waals surface area contributed by atoms with E-state index in [0.29, 0.717) is 5.69 Å². The van der Waals surface area contributed by atoms with Gasteiger partial charge in [0.25, 0.3) is 0 Å². The maximum atomic E-state index is 9.53. The normalized spacial score (nSPS) is 10.6. The van der Waals surface area contributed by atoms with Crippen molar-refractivity contribution in [3.05, 3.63) is 47.8 Å². The van der Waals surface area contributed by atoms with E-state index in [4.69, 9.17) is 5.73 Å². The number of nitrogens with two attached hydrogens (primary N) is 1. The summed E-state index contributed by atoms with van der Waals surface area (Å²) >= 11 is 1.47. The van der Waals surface area contributed by atoms with E-state index in [1.54, 1.807) is 6.07 Å². The predicted molar refractivity (Wildman–Crippen MR) is 80.7 cm³/mol. The van der Waals surface area contributed by atoms with Gasteiger partial charge in [-0.3, -0.25) is 0 Å². The number of aromatic nitrogens is 1. The lowest BCUT2D eigenvalue weighted by atomic mass is 10.1. The zero-order chi connectivity index (χ0) is 14.1. The molecule has 20 heavy (non-hydrogen) atoms. The molecule has 0 amide bonds. The monoisotopic (exact) mass is 284 g/mol. The summed E-state index contributed by atoms with van der Waals surface area (Å²) in [6, 6.07) is 12.2. The Bertz CT molecular complexity index is 768. The van der Waals surface area contributed by atoms with Crippen molar-refractivity contribution < 1.29 is 10.2 Å². The minimum atomic E-state index is -0.150. The van der Waals surface area contributed by atoms with Crippen molar-refractivity contribution in [3.63, 3.8) is 0 Å². The first-order chi connectivity index (χ1) is 9.63. The number of anilines is 1. The van der Waals surface area contributed by atoms with Crippen LogP contribution in [0.4, 0.5) is 5.69 Å². The molecule has 0 atom stereocenters. The second-order valence-electron chi connectivity index (χ2n) is 4.37. The highest BCUT2D eigenvalue weighted by Gasteiger charge is 2.09. The molecule has 1 aromatic heterocycles. The first kappa shape index (κ1) is 12.5. The number of benzene rings is 2. The molecule has 3 aromatic rings. The minimum absolute atomic E-state index is 0.138. The molecule has 0 saturated carbocycles. The average molecular weight is 284 g/mol. The zero-order valence-electron chi connectivity index (χ0n) is 10.4. The Kier molecular flexibility index (Phi) is 3.04. The Labute approximate surface area is 119 Å². The number of hydrogen-bond acceptors (Lipinski definition) is 5. The molecule has 0 aliphatic rings. The SMILES string of the molecule is Nc1cccc(-c2csc(-c3ccc(O)c(O)c3)n2)c1. The quantitative estimate of drug-likeness (QED) is 0.497. The minimum Gasteiger partial charge on any atom is -0.504 e. The number of nitrogen functional groups attached to an aromatic ring is 1. The summed E-state index contributed by atoms with van der Waals surface area (Å²) in [6.07, 6.45) is 0. The molecule has 5 heteroatoms. The largest absolute Gasteiger partial charge is 0.504 e. The number of phenols is 2. The third kappa shape index (κ3) is 2.31. The maximum Gasteiger partial charge on any atom is 0.158 e. The van der Waals surface area contributed by atoms with E-state index >= 15 is 0 Å². The Morgan fingerprint density at radius 3 is 2.55 bits per heavy atom. The van der Waals surface area contributed by atoms with E-state index in [0.717, 1.165) is 21.8 Å². The van der Waals surface area contributed by atoms with Gasteiger partial charge in [0.05, 0.1) is 5.69 Å². The van der Waals surface area contributed by atoms with Crippen LogP contribution >= 0.6 is 11.3 Å². The fourth-order valence-electron chi connectivity index (χ4n) is 1.89. The lowest BCUT2D eigenvalue weighted by Crippen LogP contribution is -1.85. The van der Waals surface area contributed by atoms with E-state index in [1.807, 2.05) is 29.6 Å². The summed E-state index contributed by atoms with van der Waals surface area (Å²) in [5, 5.41) is 21.6. The number of phenolic OH excluding ortho intramolecular Hbond substituents is 2. The van der Waals surface area contributed by atoms with Gasteiger partial charge in [-0.15, -0.1) is 11.3 Å². The number of aromatic hydroxyl groups is 2. The lowest BCUT2D eigenvalue weighted by Gasteiger charge is -2.00. The van der Waals surface area contributed by atoms with Gasteiger partial charge in [0, 0.05) is 22.2 Å². The van der Waals surface area contributed by atoms with Crippen LogP contribution in [0.2, 0.25) is 0 Å². The Morgan fingerprint density at radius 2 is 1.80 bits per heavy atom. The first-order valence-electron chi connectivity index (χ1n) is 5.97. The van der Waals surface area contributed by atoms with E-state index in [2.05, 4.69) is 4.98 Å². The number of thiazole rings is 1. The molecule has 3 rings (SSSR count). The lowest BCUT2D eigenvalue weighted by molar-refractivity contribution is 0.404. The van der Waals surface area contributed by atoms with Crippen molar-refractivity contribution in [2.75, 3.05) is 5.73 Å². The molecule has 100 valence electrons. The van der Waals surface area contributed by atoms with Gasteiger partial charge in [-0.25, -0.2) is 4.98 Å². The van der Waals surface area contributed by atoms with E-state index in [9.17, 15) is 10.2 Å². The fraction of sp³-hybridized carbons (Fsp3) is 0. The van der Waals surface area contributed by atoms with Gasteiger partial charge >= 0.3 is 0 Å². The summed E-state index contributed by atoms with van der Waals surface area (Å²) < 4.78 is 0. The zero-order valence-corrected chi connectivity index (χ0v) is 11.3. The van der Waals surface area contributed by atoms with Crippen LogP contribution < -0.4 is 5.73 Å². The molecular weight excluding hydrogens is 272 g/mol. The summed E-state index contributed by atoms with van der Waals surface area (Å²) in [4.78, 5) is 4.53. The standard InChI is InChI=1S/C15H12N2O2S/c16-11-3-1-2-9(6-11)12-8-20-15(17-12)10-4-5-13(18)14(19)7-10/h1-8,18-19H,16H2. The van der Waals surface area contributed by atoms with Crippen LogP contribution in [0.1, 0.15) is 0 Å². The molecule has 0 fully saturated rings. The molecule has 4 nitrogen and oxygen atoms in total. The van der Waals surface area contributed by atoms with Crippen LogP contribution in [-0.4, -0.2) is 15.2 Å². The van der Waals surface area contributed by atoms with Gasteiger partial charge in [-0.1, -0.05) is 12.1 Å². The predicted octanol–water partition coefficient (Wildman–Crippen LogP) is 3.47. The van der Waals surface area contributed by atoms with Crippen molar-refractivity contribution in [1.82, 2.24) is 4.98 Å². The molecule has 0 unspecified atom stereocenters. The smallest absolute Gasteiger partial charge is 0.158 e. The molecule has 0 saturated heterocycles. The summed E-state index contributed by atoms with van der Waals surface area (Å²) in [5.74, 6) is -0.287. The number of nitrogens with zero attached hydrogens (tertiary/aromatic N) is 1. The van der Waals surface area contributed by atoms with Crippen LogP contribution in [0.25, 0.3) is 21.8 Å².